The first-order valence-corrected chi connectivity index (χ1v) is 13.5. The van der Waals surface area contributed by atoms with Crippen LogP contribution in [0.3, 0.4) is 0 Å². The second-order valence-corrected chi connectivity index (χ2v) is 10.7. The van der Waals surface area contributed by atoms with Crippen molar-refractivity contribution < 1.29 is 4.79 Å². The average Bonchev–Trinajstić information content (AvgIpc) is 3.51. The molecule has 1 saturated heterocycles. The van der Waals surface area contributed by atoms with Crippen LogP contribution >= 0.6 is 11.3 Å². The molecule has 0 unspecified atom stereocenters. The number of thiophene rings is 1. The van der Waals surface area contributed by atoms with Gasteiger partial charge in [0.05, 0.1) is 5.69 Å². The fourth-order valence-corrected chi connectivity index (χ4v) is 6.46. The van der Waals surface area contributed by atoms with E-state index < -0.39 is 0 Å². The molecule has 3 aromatic heterocycles. The third-order valence-electron chi connectivity index (χ3n) is 7.04. The Morgan fingerprint density at radius 2 is 1.83 bits per heavy atom. The second-order valence-electron chi connectivity index (χ2n) is 9.71. The van der Waals surface area contributed by atoms with Crippen LogP contribution in [0.4, 0.5) is 0 Å². The van der Waals surface area contributed by atoms with Gasteiger partial charge in [0.1, 0.15) is 9.71 Å². The number of amides is 1. The summed E-state index contributed by atoms with van der Waals surface area (Å²) in [5.41, 5.74) is 4.53. The molecule has 1 fully saturated rings. The highest BCUT2D eigenvalue weighted by Gasteiger charge is 2.22. The summed E-state index contributed by atoms with van der Waals surface area (Å²) in [6, 6.07) is 16.9. The molecular formula is C29H34N4OS. The molecule has 1 aromatic carbocycles. The smallest absolute Gasteiger partial charge is 0.263 e. The van der Waals surface area contributed by atoms with Crippen molar-refractivity contribution in [1.82, 2.24) is 19.8 Å². The number of aryl methyl sites for hydroxylation is 2. The fourth-order valence-electron chi connectivity index (χ4n) is 5.25. The van der Waals surface area contributed by atoms with E-state index in [2.05, 4.69) is 53.5 Å². The molecule has 0 saturated carbocycles. The molecule has 0 radical (unpaired) electrons. The van der Waals surface area contributed by atoms with E-state index in [1.54, 1.807) is 0 Å². The van der Waals surface area contributed by atoms with Crippen molar-refractivity contribution in [3.63, 3.8) is 0 Å². The zero-order chi connectivity index (χ0) is 24.2. The van der Waals surface area contributed by atoms with Gasteiger partial charge < -0.3 is 14.8 Å². The number of benzene rings is 1. The summed E-state index contributed by atoms with van der Waals surface area (Å²) in [5, 5.41) is 4.25. The molecule has 0 bridgehead atoms. The first-order chi connectivity index (χ1) is 17.1. The second kappa shape index (κ2) is 10.8. The van der Waals surface area contributed by atoms with E-state index in [4.69, 9.17) is 4.98 Å². The van der Waals surface area contributed by atoms with Crippen molar-refractivity contribution in [1.29, 1.82) is 0 Å². The van der Waals surface area contributed by atoms with Gasteiger partial charge in [0.15, 0.2) is 0 Å². The molecule has 5 rings (SSSR count). The van der Waals surface area contributed by atoms with Gasteiger partial charge in [-0.3, -0.25) is 4.79 Å². The van der Waals surface area contributed by atoms with Crippen LogP contribution in [0.5, 0.6) is 0 Å². The van der Waals surface area contributed by atoms with Gasteiger partial charge in [0.2, 0.25) is 0 Å². The van der Waals surface area contributed by atoms with Crippen LogP contribution in [0.2, 0.25) is 0 Å². The predicted octanol–water partition coefficient (Wildman–Crippen LogP) is 5.78. The molecule has 1 amide bonds. The predicted molar refractivity (Wildman–Crippen MR) is 145 cm³/mol. The van der Waals surface area contributed by atoms with E-state index in [0.717, 1.165) is 64.0 Å². The van der Waals surface area contributed by atoms with Crippen LogP contribution in [0.1, 0.15) is 45.8 Å². The summed E-state index contributed by atoms with van der Waals surface area (Å²) in [5.74, 6) is 0.782. The van der Waals surface area contributed by atoms with E-state index in [1.807, 2.05) is 36.0 Å². The molecule has 5 nitrogen and oxygen atoms in total. The Kier molecular flexibility index (Phi) is 7.30. The van der Waals surface area contributed by atoms with E-state index in [0.29, 0.717) is 6.54 Å². The first kappa shape index (κ1) is 23.8. The molecule has 0 spiro atoms. The minimum Gasteiger partial charge on any atom is -0.351 e. The van der Waals surface area contributed by atoms with Crippen LogP contribution in [-0.4, -0.2) is 46.5 Å². The number of nitrogens with one attached hydrogen (secondary N) is 1. The van der Waals surface area contributed by atoms with Gasteiger partial charge >= 0.3 is 0 Å². The normalized spacial score (nSPS) is 15.0. The highest BCUT2D eigenvalue weighted by molar-refractivity contribution is 7.21. The van der Waals surface area contributed by atoms with E-state index >= 15 is 0 Å². The number of rotatable bonds is 8. The zero-order valence-corrected chi connectivity index (χ0v) is 21.5. The number of aromatic nitrogens is 2. The Labute approximate surface area is 211 Å². The van der Waals surface area contributed by atoms with Crippen molar-refractivity contribution in [3.8, 4) is 5.69 Å². The van der Waals surface area contributed by atoms with Gasteiger partial charge in [0.25, 0.3) is 5.91 Å². The topological polar surface area (TPSA) is 50.2 Å². The molecule has 6 heteroatoms. The Morgan fingerprint density at radius 3 is 2.57 bits per heavy atom. The summed E-state index contributed by atoms with van der Waals surface area (Å²) >= 11 is 1.49. The number of carbonyl (C=O) groups excluding carboxylic acids is 1. The summed E-state index contributed by atoms with van der Waals surface area (Å²) < 4.78 is 2.04. The lowest BCUT2D eigenvalue weighted by atomic mass is 9.90. The fraction of sp³-hybridized carbons (Fsp3) is 0.379. The molecule has 4 heterocycles. The molecular weight excluding hydrogens is 452 g/mol. The molecule has 35 heavy (non-hydrogen) atoms. The van der Waals surface area contributed by atoms with Crippen LogP contribution < -0.4 is 5.32 Å². The summed E-state index contributed by atoms with van der Waals surface area (Å²) in [4.78, 5) is 22.2. The number of hydrogen-bond donors (Lipinski definition) is 1. The number of nitrogens with zero attached hydrogens (tertiary/aromatic N) is 3. The van der Waals surface area contributed by atoms with Crippen LogP contribution in [0.25, 0.3) is 15.9 Å². The third-order valence-corrected chi connectivity index (χ3v) is 8.11. The number of piperidine rings is 1. The van der Waals surface area contributed by atoms with E-state index in [1.165, 1.54) is 36.2 Å². The van der Waals surface area contributed by atoms with Crippen LogP contribution in [0.15, 0.2) is 60.9 Å². The largest absolute Gasteiger partial charge is 0.351 e. The summed E-state index contributed by atoms with van der Waals surface area (Å²) in [6.07, 6.45) is 8.68. The van der Waals surface area contributed by atoms with Gasteiger partial charge in [0, 0.05) is 30.0 Å². The highest BCUT2D eigenvalue weighted by Crippen LogP contribution is 2.35. The van der Waals surface area contributed by atoms with Crippen molar-refractivity contribution in [3.05, 3.63) is 82.6 Å². The Hall–Kier alpha value is -2.96. The van der Waals surface area contributed by atoms with Gasteiger partial charge in [-0.1, -0.05) is 30.3 Å². The minimum atomic E-state index is -0.00433. The number of fused-ring (bicyclic) bond motifs is 1. The third kappa shape index (κ3) is 5.49. The van der Waals surface area contributed by atoms with E-state index in [9.17, 15) is 4.79 Å². The van der Waals surface area contributed by atoms with Crippen molar-refractivity contribution in [2.75, 3.05) is 26.2 Å². The molecule has 182 valence electrons. The van der Waals surface area contributed by atoms with Crippen molar-refractivity contribution in [2.24, 2.45) is 5.92 Å². The summed E-state index contributed by atoms with van der Waals surface area (Å²) in [6.45, 7) is 8.14. The van der Waals surface area contributed by atoms with Crippen LogP contribution in [0, 0.1) is 19.8 Å². The molecule has 4 aromatic rings. The first-order valence-electron chi connectivity index (χ1n) is 12.7. The maximum absolute atomic E-state index is 13.2. The lowest BCUT2D eigenvalue weighted by Gasteiger charge is -2.32. The summed E-state index contributed by atoms with van der Waals surface area (Å²) in [7, 11) is 0. The van der Waals surface area contributed by atoms with Gasteiger partial charge in [-0.15, -0.1) is 11.3 Å². The van der Waals surface area contributed by atoms with E-state index in [-0.39, 0.29) is 5.91 Å². The monoisotopic (exact) mass is 486 g/mol. The lowest BCUT2D eigenvalue weighted by Crippen LogP contribution is -2.36. The SMILES string of the molecule is Cc1cc(C)c2c(-n3cccc3)c(C(=O)NCCCN3CCC(Cc4ccccc4)CC3)sc2n1. The Morgan fingerprint density at radius 1 is 1.09 bits per heavy atom. The van der Waals surface area contributed by atoms with Crippen molar-refractivity contribution in [2.45, 2.75) is 39.5 Å². The zero-order valence-electron chi connectivity index (χ0n) is 20.7. The standard InChI is InChI=1S/C29H34N4OS/c1-21-19-22(2)31-29-25(21)26(33-15-6-7-16-33)27(35-29)28(34)30-13-8-14-32-17-11-24(12-18-32)20-23-9-4-3-5-10-23/h3-7,9-10,15-16,19,24H,8,11-14,17-18,20H2,1-2H3,(H,30,34). The van der Waals surface area contributed by atoms with Gasteiger partial charge in [-0.25, -0.2) is 4.98 Å². The molecule has 1 aliphatic rings. The van der Waals surface area contributed by atoms with Gasteiger partial charge in [-0.05, 0) is 94.4 Å². The quantitative estimate of drug-likeness (QED) is 0.321. The molecule has 0 atom stereocenters. The number of carbonyl (C=O) groups is 1. The maximum atomic E-state index is 13.2. The van der Waals surface area contributed by atoms with Gasteiger partial charge in [-0.2, -0.15) is 0 Å². The maximum Gasteiger partial charge on any atom is 0.263 e. The number of likely N-dealkylation sites (tertiary alicyclic amines) is 1. The molecule has 1 aliphatic heterocycles. The number of pyridine rings is 1. The highest BCUT2D eigenvalue weighted by atomic mass is 32.1. The average molecular weight is 487 g/mol. The minimum absolute atomic E-state index is 0.00433. The molecule has 0 aliphatic carbocycles. The Balaban J connectivity index is 1.15. The Bertz CT molecular complexity index is 1270. The lowest BCUT2D eigenvalue weighted by molar-refractivity contribution is 0.0954. The molecule has 1 N–H and O–H groups in total. The number of hydrogen-bond acceptors (Lipinski definition) is 4. The van der Waals surface area contributed by atoms with Crippen LogP contribution in [-0.2, 0) is 6.42 Å². The van der Waals surface area contributed by atoms with Crippen molar-refractivity contribution >= 4 is 27.5 Å².